The Labute approximate surface area is 201 Å². The molecule has 1 amide bonds. The van der Waals surface area contributed by atoms with Crippen LogP contribution in [-0.4, -0.2) is 70.8 Å². The van der Waals surface area contributed by atoms with Gasteiger partial charge in [0.15, 0.2) is 11.6 Å². The van der Waals surface area contributed by atoms with E-state index in [-0.39, 0.29) is 35.9 Å². The Morgan fingerprint density at radius 2 is 2.00 bits per heavy atom. The largest absolute Gasteiger partial charge is 0.435 e. The summed E-state index contributed by atoms with van der Waals surface area (Å²) in [5.41, 5.74) is 6.03. The molecule has 1 unspecified atom stereocenters. The SMILES string of the molecule is NC(=O)CN1CCC(CNc2ncnc(N(Cc3ccc(OC(F)F)cc3)C3CC3)c2F)[C@H](O)C1. The van der Waals surface area contributed by atoms with Gasteiger partial charge in [-0.2, -0.15) is 13.2 Å². The van der Waals surface area contributed by atoms with Gasteiger partial charge in [0, 0.05) is 31.6 Å². The van der Waals surface area contributed by atoms with Crippen LogP contribution in [0.1, 0.15) is 24.8 Å². The Morgan fingerprint density at radius 3 is 2.63 bits per heavy atom. The molecule has 1 aliphatic heterocycles. The van der Waals surface area contributed by atoms with Crippen LogP contribution < -0.4 is 20.7 Å². The number of aromatic nitrogens is 2. The van der Waals surface area contributed by atoms with Crippen molar-refractivity contribution in [2.75, 3.05) is 36.4 Å². The summed E-state index contributed by atoms with van der Waals surface area (Å²) in [6.45, 7) is -1.20. The van der Waals surface area contributed by atoms with E-state index in [4.69, 9.17) is 5.73 Å². The molecule has 1 saturated heterocycles. The molecule has 1 aromatic carbocycles. The van der Waals surface area contributed by atoms with Crippen molar-refractivity contribution in [2.24, 2.45) is 11.7 Å². The number of nitrogens with zero attached hydrogens (tertiary/aromatic N) is 4. The van der Waals surface area contributed by atoms with E-state index in [1.807, 2.05) is 4.90 Å². The van der Waals surface area contributed by atoms with E-state index in [0.29, 0.717) is 32.6 Å². The fourth-order valence-electron chi connectivity index (χ4n) is 4.30. The number of likely N-dealkylation sites (tertiary alicyclic amines) is 1. The number of amides is 1. The summed E-state index contributed by atoms with van der Waals surface area (Å²) in [4.78, 5) is 23.0. The Kier molecular flexibility index (Phi) is 7.91. The second kappa shape index (κ2) is 11.1. The molecule has 1 saturated carbocycles. The van der Waals surface area contributed by atoms with E-state index in [0.717, 1.165) is 18.4 Å². The van der Waals surface area contributed by atoms with Crippen LogP contribution in [0.4, 0.5) is 24.8 Å². The van der Waals surface area contributed by atoms with Gasteiger partial charge >= 0.3 is 6.61 Å². The summed E-state index contributed by atoms with van der Waals surface area (Å²) in [6, 6.07) is 6.36. The predicted molar refractivity (Wildman–Crippen MR) is 123 cm³/mol. The highest BCUT2D eigenvalue weighted by atomic mass is 19.3. The van der Waals surface area contributed by atoms with E-state index >= 15 is 4.39 Å². The number of hydrogen-bond acceptors (Lipinski definition) is 8. The fourth-order valence-corrected chi connectivity index (χ4v) is 4.30. The molecule has 2 fully saturated rings. The lowest BCUT2D eigenvalue weighted by Gasteiger charge is -2.35. The molecule has 0 radical (unpaired) electrons. The number of piperidine rings is 1. The number of alkyl halides is 2. The van der Waals surface area contributed by atoms with E-state index in [1.165, 1.54) is 18.5 Å². The molecule has 2 heterocycles. The normalized spacial score (nSPS) is 20.6. The first-order valence-electron chi connectivity index (χ1n) is 11.5. The molecule has 9 nitrogen and oxygen atoms in total. The Balaban J connectivity index is 1.40. The molecular formula is C23H29F3N6O3. The topological polar surface area (TPSA) is 117 Å². The number of nitrogens with two attached hydrogens (primary N) is 1. The number of carbonyl (C=O) groups is 1. The zero-order valence-corrected chi connectivity index (χ0v) is 19.1. The second-order valence-corrected chi connectivity index (χ2v) is 8.94. The van der Waals surface area contributed by atoms with Crippen LogP contribution in [0, 0.1) is 11.7 Å². The van der Waals surface area contributed by atoms with E-state index in [2.05, 4.69) is 20.0 Å². The van der Waals surface area contributed by atoms with Crippen LogP contribution in [0.25, 0.3) is 0 Å². The minimum absolute atomic E-state index is 0.0492. The van der Waals surface area contributed by atoms with Gasteiger partial charge in [-0.1, -0.05) is 12.1 Å². The van der Waals surface area contributed by atoms with Gasteiger partial charge in [-0.15, -0.1) is 0 Å². The monoisotopic (exact) mass is 494 g/mol. The number of rotatable bonds is 11. The van der Waals surface area contributed by atoms with Crippen molar-refractivity contribution in [3.63, 3.8) is 0 Å². The molecule has 4 rings (SSSR count). The van der Waals surface area contributed by atoms with E-state index in [9.17, 15) is 18.7 Å². The standard InChI is InChI=1S/C23H29F3N6O3/c24-20-21(28-9-15-7-8-31(11-18(15)33)12-19(27)34)29-13-30-22(20)32(16-3-4-16)10-14-1-5-17(6-2-14)35-23(25)26/h1-2,5-6,13,15-16,18,23,33H,3-4,7-12H2,(H2,27,34)(H,28,29,30)/t15?,18-/m1/s1. The number of ether oxygens (including phenoxy) is 1. The summed E-state index contributed by atoms with van der Waals surface area (Å²) in [5.74, 6) is -0.892. The van der Waals surface area contributed by atoms with Gasteiger partial charge < -0.3 is 25.8 Å². The lowest BCUT2D eigenvalue weighted by atomic mass is 9.93. The molecule has 1 aromatic heterocycles. The molecular weight excluding hydrogens is 465 g/mol. The average molecular weight is 495 g/mol. The van der Waals surface area contributed by atoms with Gasteiger partial charge in [-0.25, -0.2) is 9.97 Å². The number of anilines is 2. The molecule has 0 bridgehead atoms. The van der Waals surface area contributed by atoms with Gasteiger partial charge in [0.1, 0.15) is 12.1 Å². The number of primary amides is 1. The smallest absolute Gasteiger partial charge is 0.387 e. The van der Waals surface area contributed by atoms with Gasteiger partial charge in [0.25, 0.3) is 0 Å². The molecule has 2 atom stereocenters. The molecule has 1 aliphatic carbocycles. The highest BCUT2D eigenvalue weighted by Gasteiger charge is 2.33. The number of benzene rings is 1. The molecule has 0 spiro atoms. The number of carbonyl (C=O) groups excluding carboxylic acids is 1. The summed E-state index contributed by atoms with van der Waals surface area (Å²) in [5, 5.41) is 13.4. The zero-order chi connectivity index (χ0) is 24.9. The lowest BCUT2D eigenvalue weighted by Crippen LogP contribution is -2.48. The van der Waals surface area contributed by atoms with Crippen LogP contribution in [0.3, 0.4) is 0 Å². The van der Waals surface area contributed by atoms with Gasteiger partial charge in [0.2, 0.25) is 11.7 Å². The molecule has 190 valence electrons. The number of aliphatic hydroxyl groups is 1. The van der Waals surface area contributed by atoms with Gasteiger partial charge in [-0.05, 0) is 43.5 Å². The highest BCUT2D eigenvalue weighted by Crippen LogP contribution is 2.35. The fraction of sp³-hybridized carbons (Fsp3) is 0.522. The maximum absolute atomic E-state index is 15.4. The van der Waals surface area contributed by atoms with Gasteiger partial charge in [0.05, 0.1) is 12.6 Å². The second-order valence-electron chi connectivity index (χ2n) is 8.94. The Morgan fingerprint density at radius 1 is 1.26 bits per heavy atom. The third kappa shape index (κ3) is 6.73. The van der Waals surface area contributed by atoms with Crippen molar-refractivity contribution in [1.29, 1.82) is 0 Å². The van der Waals surface area contributed by atoms with Crippen LogP contribution in [-0.2, 0) is 11.3 Å². The maximum atomic E-state index is 15.4. The molecule has 12 heteroatoms. The van der Waals surface area contributed by atoms with Crippen molar-refractivity contribution in [3.8, 4) is 5.75 Å². The predicted octanol–water partition coefficient (Wildman–Crippen LogP) is 1.97. The summed E-state index contributed by atoms with van der Waals surface area (Å²) in [7, 11) is 0. The van der Waals surface area contributed by atoms with E-state index < -0.39 is 24.4 Å². The quantitative estimate of drug-likeness (QED) is 0.434. The minimum atomic E-state index is -2.89. The number of β-amino-alcohol motifs (C(OH)–C–C–N with tert-alkyl or cyclic N) is 1. The van der Waals surface area contributed by atoms with Crippen LogP contribution in [0.15, 0.2) is 30.6 Å². The number of hydrogen-bond donors (Lipinski definition) is 3. The zero-order valence-electron chi connectivity index (χ0n) is 19.1. The van der Waals surface area contributed by atoms with Crippen molar-refractivity contribution >= 4 is 17.5 Å². The number of halogens is 3. The number of aliphatic hydroxyl groups excluding tert-OH is 1. The molecule has 2 aromatic rings. The lowest BCUT2D eigenvalue weighted by molar-refractivity contribution is -0.120. The van der Waals surface area contributed by atoms with Crippen molar-refractivity contribution in [3.05, 3.63) is 42.0 Å². The highest BCUT2D eigenvalue weighted by molar-refractivity contribution is 5.75. The first kappa shape index (κ1) is 25.0. The third-order valence-corrected chi connectivity index (χ3v) is 6.25. The van der Waals surface area contributed by atoms with E-state index in [1.54, 1.807) is 17.0 Å². The Bertz CT molecular complexity index is 1010. The van der Waals surface area contributed by atoms with Crippen molar-refractivity contribution in [1.82, 2.24) is 14.9 Å². The summed E-state index contributed by atoms with van der Waals surface area (Å²) in [6.07, 6.45) is 3.03. The maximum Gasteiger partial charge on any atom is 0.387 e. The van der Waals surface area contributed by atoms with Gasteiger partial charge in [-0.3, -0.25) is 9.69 Å². The van der Waals surface area contributed by atoms with Crippen molar-refractivity contribution < 1.29 is 27.8 Å². The van der Waals surface area contributed by atoms with Crippen LogP contribution >= 0.6 is 0 Å². The van der Waals surface area contributed by atoms with Crippen LogP contribution in [0.5, 0.6) is 5.75 Å². The first-order valence-corrected chi connectivity index (χ1v) is 11.5. The third-order valence-electron chi connectivity index (χ3n) is 6.25. The minimum Gasteiger partial charge on any atom is -0.435 e. The van der Waals surface area contributed by atoms with Crippen LogP contribution in [0.2, 0.25) is 0 Å². The molecule has 4 N–H and O–H groups in total. The molecule has 2 aliphatic rings. The first-order chi connectivity index (χ1) is 16.8. The summed E-state index contributed by atoms with van der Waals surface area (Å²) >= 11 is 0. The molecule has 35 heavy (non-hydrogen) atoms. The average Bonchev–Trinajstić information content (AvgIpc) is 3.64. The van der Waals surface area contributed by atoms with Crippen molar-refractivity contribution in [2.45, 2.75) is 44.6 Å². The number of nitrogens with one attached hydrogen (secondary N) is 1. The Hall–Kier alpha value is -3.12. The summed E-state index contributed by atoms with van der Waals surface area (Å²) < 4.78 is 44.6.